The number of nitrogens with zero attached hydrogens (tertiary/aromatic N) is 1. The van der Waals surface area contributed by atoms with Crippen LogP contribution in [-0.4, -0.2) is 10.9 Å². The van der Waals surface area contributed by atoms with Gasteiger partial charge in [0.1, 0.15) is 0 Å². The second-order valence-electron chi connectivity index (χ2n) is 5.66. The Morgan fingerprint density at radius 1 is 1.00 bits per heavy atom. The summed E-state index contributed by atoms with van der Waals surface area (Å²) >= 11 is 0. The van der Waals surface area contributed by atoms with Gasteiger partial charge in [-0.1, -0.05) is 30.3 Å². The summed E-state index contributed by atoms with van der Waals surface area (Å²) in [5.41, 5.74) is 2.69. The Hall–Kier alpha value is -3.21. The Kier molecular flexibility index (Phi) is 5.04. The fourth-order valence-electron chi connectivity index (χ4n) is 2.48. The number of benzene rings is 2. The number of carbonyl (C=O) groups excluding carboxylic acids is 1. The van der Waals surface area contributed by atoms with Gasteiger partial charge in [0.2, 0.25) is 0 Å². The van der Waals surface area contributed by atoms with Gasteiger partial charge in [-0.15, -0.1) is 0 Å². The highest BCUT2D eigenvalue weighted by Gasteiger charge is 2.11. The molecule has 0 radical (unpaired) electrons. The minimum absolute atomic E-state index is 0.0325. The van der Waals surface area contributed by atoms with E-state index in [1.54, 1.807) is 12.1 Å². The molecular weight excluding hydrogens is 317 g/mol. The Balaban J connectivity index is 1.64. The van der Waals surface area contributed by atoms with E-state index in [1.165, 1.54) is 17.8 Å². The van der Waals surface area contributed by atoms with Gasteiger partial charge in [0, 0.05) is 23.6 Å². The maximum absolute atomic E-state index is 13.6. The summed E-state index contributed by atoms with van der Waals surface area (Å²) in [7, 11) is 0. The molecule has 0 aliphatic rings. The van der Waals surface area contributed by atoms with Gasteiger partial charge in [-0.2, -0.15) is 0 Å². The van der Waals surface area contributed by atoms with Gasteiger partial charge in [0.25, 0.3) is 5.91 Å². The van der Waals surface area contributed by atoms with Crippen molar-refractivity contribution < 1.29 is 9.18 Å². The van der Waals surface area contributed by atoms with Crippen LogP contribution in [-0.2, 0) is 0 Å². The summed E-state index contributed by atoms with van der Waals surface area (Å²) in [6, 6.07) is 18.9. The molecule has 1 amide bonds. The number of carbonyl (C=O) groups is 1. The molecule has 3 aromatic rings. The minimum atomic E-state index is -0.644. The molecule has 2 N–H and O–H groups in total. The molecule has 0 aliphatic carbocycles. The standard InChI is InChI=1S/C20H18FN3O/c1-14(15-5-3-2-4-6-15)23-16-7-9-17(10-8-16)24-20(25)18-11-12-22-13-19(18)21/h2-14,23H,1H3,(H,24,25). The molecule has 4 nitrogen and oxygen atoms in total. The van der Waals surface area contributed by atoms with Crippen LogP contribution in [0.1, 0.15) is 28.9 Å². The van der Waals surface area contributed by atoms with E-state index in [1.807, 2.05) is 30.3 Å². The molecule has 1 heterocycles. The number of rotatable bonds is 5. The number of aromatic nitrogens is 1. The molecule has 0 aliphatic heterocycles. The molecule has 3 rings (SSSR count). The highest BCUT2D eigenvalue weighted by Crippen LogP contribution is 2.21. The number of pyridine rings is 1. The van der Waals surface area contributed by atoms with Crippen LogP contribution in [0.15, 0.2) is 73.1 Å². The van der Waals surface area contributed by atoms with E-state index in [2.05, 4.69) is 34.7 Å². The van der Waals surface area contributed by atoms with Crippen LogP contribution in [0.4, 0.5) is 15.8 Å². The number of hydrogen-bond acceptors (Lipinski definition) is 3. The van der Waals surface area contributed by atoms with E-state index < -0.39 is 11.7 Å². The van der Waals surface area contributed by atoms with Crippen LogP contribution in [0, 0.1) is 5.82 Å². The summed E-state index contributed by atoms with van der Waals surface area (Å²) in [5, 5.41) is 6.08. The van der Waals surface area contributed by atoms with Gasteiger partial charge < -0.3 is 10.6 Å². The fourth-order valence-corrected chi connectivity index (χ4v) is 2.48. The molecule has 0 bridgehead atoms. The third-order valence-corrected chi connectivity index (χ3v) is 3.84. The van der Waals surface area contributed by atoms with Crippen molar-refractivity contribution in [2.75, 3.05) is 10.6 Å². The lowest BCUT2D eigenvalue weighted by Gasteiger charge is -2.16. The summed E-state index contributed by atoms with van der Waals surface area (Å²) in [5.74, 6) is -1.15. The van der Waals surface area contributed by atoms with Gasteiger partial charge in [-0.05, 0) is 42.8 Å². The third-order valence-electron chi connectivity index (χ3n) is 3.84. The van der Waals surface area contributed by atoms with E-state index in [-0.39, 0.29) is 11.6 Å². The molecule has 0 spiro atoms. The van der Waals surface area contributed by atoms with Crippen molar-refractivity contribution in [1.29, 1.82) is 0 Å². The lowest BCUT2D eigenvalue weighted by Crippen LogP contribution is -2.14. The molecule has 0 saturated carbocycles. The van der Waals surface area contributed by atoms with Gasteiger partial charge in [-0.3, -0.25) is 9.78 Å². The van der Waals surface area contributed by atoms with Crippen molar-refractivity contribution in [2.24, 2.45) is 0 Å². The maximum atomic E-state index is 13.6. The highest BCUT2D eigenvalue weighted by molar-refractivity contribution is 6.04. The first-order valence-electron chi connectivity index (χ1n) is 7.96. The molecule has 2 aromatic carbocycles. The van der Waals surface area contributed by atoms with Crippen LogP contribution in [0.5, 0.6) is 0 Å². The van der Waals surface area contributed by atoms with E-state index in [0.29, 0.717) is 5.69 Å². The van der Waals surface area contributed by atoms with Crippen molar-refractivity contribution in [3.8, 4) is 0 Å². The molecule has 25 heavy (non-hydrogen) atoms. The second kappa shape index (κ2) is 7.57. The van der Waals surface area contributed by atoms with Crippen LogP contribution in [0.2, 0.25) is 0 Å². The van der Waals surface area contributed by atoms with Crippen molar-refractivity contribution in [3.05, 3.63) is 90.0 Å². The molecule has 1 aromatic heterocycles. The lowest BCUT2D eigenvalue weighted by molar-refractivity contribution is 0.102. The summed E-state index contributed by atoms with van der Waals surface area (Å²) < 4.78 is 13.6. The smallest absolute Gasteiger partial charge is 0.258 e. The van der Waals surface area contributed by atoms with Gasteiger partial charge >= 0.3 is 0 Å². The Morgan fingerprint density at radius 2 is 1.68 bits per heavy atom. The predicted octanol–water partition coefficient (Wildman–Crippen LogP) is 4.65. The van der Waals surface area contributed by atoms with Gasteiger partial charge in [-0.25, -0.2) is 4.39 Å². The first kappa shape index (κ1) is 16.6. The van der Waals surface area contributed by atoms with Crippen LogP contribution < -0.4 is 10.6 Å². The molecule has 0 fully saturated rings. The summed E-state index contributed by atoms with van der Waals surface area (Å²) in [6.07, 6.45) is 2.41. The monoisotopic (exact) mass is 335 g/mol. The van der Waals surface area contributed by atoms with Crippen molar-refractivity contribution >= 4 is 17.3 Å². The molecule has 0 saturated heterocycles. The van der Waals surface area contributed by atoms with Gasteiger partial charge in [0.05, 0.1) is 11.8 Å². The first-order chi connectivity index (χ1) is 12.1. The minimum Gasteiger partial charge on any atom is -0.379 e. The van der Waals surface area contributed by atoms with E-state index in [9.17, 15) is 9.18 Å². The second-order valence-corrected chi connectivity index (χ2v) is 5.66. The maximum Gasteiger partial charge on any atom is 0.258 e. The van der Waals surface area contributed by atoms with Crippen molar-refractivity contribution in [1.82, 2.24) is 4.98 Å². The van der Waals surface area contributed by atoms with Crippen LogP contribution in [0.25, 0.3) is 0 Å². The zero-order valence-electron chi connectivity index (χ0n) is 13.7. The predicted molar refractivity (Wildman–Crippen MR) is 97.1 cm³/mol. The van der Waals surface area contributed by atoms with E-state index in [4.69, 9.17) is 0 Å². The normalized spacial score (nSPS) is 11.6. The Bertz CT molecular complexity index is 850. The molecule has 5 heteroatoms. The number of amides is 1. The average Bonchev–Trinajstić information content (AvgIpc) is 2.64. The Labute approximate surface area is 145 Å². The highest BCUT2D eigenvalue weighted by atomic mass is 19.1. The molecule has 1 unspecified atom stereocenters. The Morgan fingerprint density at radius 3 is 2.36 bits per heavy atom. The third kappa shape index (κ3) is 4.20. The van der Waals surface area contributed by atoms with E-state index in [0.717, 1.165) is 11.9 Å². The number of anilines is 2. The van der Waals surface area contributed by atoms with Crippen molar-refractivity contribution in [3.63, 3.8) is 0 Å². The zero-order chi connectivity index (χ0) is 17.6. The largest absolute Gasteiger partial charge is 0.379 e. The molecule has 126 valence electrons. The van der Waals surface area contributed by atoms with Crippen LogP contribution in [0.3, 0.4) is 0 Å². The summed E-state index contributed by atoms with van der Waals surface area (Å²) in [6.45, 7) is 2.08. The van der Waals surface area contributed by atoms with Gasteiger partial charge in [0.15, 0.2) is 5.82 Å². The lowest BCUT2D eigenvalue weighted by atomic mass is 10.1. The number of halogens is 1. The van der Waals surface area contributed by atoms with Crippen LogP contribution >= 0.6 is 0 Å². The number of hydrogen-bond donors (Lipinski definition) is 2. The quantitative estimate of drug-likeness (QED) is 0.714. The van der Waals surface area contributed by atoms with Crippen molar-refractivity contribution in [2.45, 2.75) is 13.0 Å². The first-order valence-corrected chi connectivity index (χ1v) is 7.96. The fraction of sp³-hybridized carbons (Fsp3) is 0.100. The SMILES string of the molecule is CC(Nc1ccc(NC(=O)c2ccncc2F)cc1)c1ccccc1. The topological polar surface area (TPSA) is 54.0 Å². The van der Waals surface area contributed by atoms with E-state index >= 15 is 0 Å². The number of nitrogens with one attached hydrogen (secondary N) is 2. The molecular formula is C20H18FN3O. The average molecular weight is 335 g/mol. The zero-order valence-corrected chi connectivity index (χ0v) is 13.7. The molecule has 1 atom stereocenters. The summed E-state index contributed by atoms with van der Waals surface area (Å²) in [4.78, 5) is 15.7.